The van der Waals surface area contributed by atoms with Crippen LogP contribution in [0.2, 0.25) is 5.02 Å². The number of carbonyl (C=O) groups excluding carboxylic acids is 2. The first-order chi connectivity index (χ1) is 10.8. The Morgan fingerprint density at radius 3 is 2.35 bits per heavy atom. The van der Waals surface area contributed by atoms with Crippen LogP contribution in [0.25, 0.3) is 0 Å². The fourth-order valence-corrected chi connectivity index (χ4v) is 2.00. The van der Waals surface area contributed by atoms with Gasteiger partial charge in [0.2, 0.25) is 0 Å². The minimum atomic E-state index is -0.666. The van der Waals surface area contributed by atoms with Crippen molar-refractivity contribution in [3.05, 3.63) is 22.7 Å². The van der Waals surface area contributed by atoms with E-state index in [0.29, 0.717) is 17.4 Å². The van der Waals surface area contributed by atoms with Crippen LogP contribution in [-0.4, -0.2) is 38.7 Å². The molecule has 0 aliphatic rings. The van der Waals surface area contributed by atoms with Crippen molar-refractivity contribution in [1.82, 2.24) is 5.32 Å². The lowest BCUT2D eigenvalue weighted by molar-refractivity contribution is -0.125. The van der Waals surface area contributed by atoms with Gasteiger partial charge in [-0.3, -0.25) is 4.79 Å². The smallest absolute Gasteiger partial charge is 0.338 e. The first-order valence-corrected chi connectivity index (χ1v) is 7.56. The first kappa shape index (κ1) is 19.1. The summed E-state index contributed by atoms with van der Waals surface area (Å²) in [5.41, 5.74) is 0.178. The molecule has 6 nitrogen and oxygen atoms in total. The molecular formula is C16H22ClNO5. The molecule has 128 valence electrons. The van der Waals surface area contributed by atoms with E-state index in [0.717, 1.165) is 0 Å². The highest BCUT2D eigenvalue weighted by Crippen LogP contribution is 2.36. The third-order valence-corrected chi connectivity index (χ3v) is 3.67. The normalized spacial score (nSPS) is 11.8. The number of hydrogen-bond donors (Lipinski definition) is 1. The number of ether oxygens (including phenoxy) is 3. The fourth-order valence-electron chi connectivity index (χ4n) is 1.71. The Kier molecular flexibility index (Phi) is 7.16. The molecule has 0 fully saturated rings. The second-order valence-corrected chi connectivity index (χ2v) is 5.78. The summed E-state index contributed by atoms with van der Waals surface area (Å²) >= 11 is 6.03. The van der Waals surface area contributed by atoms with E-state index >= 15 is 0 Å². The topological polar surface area (TPSA) is 73.9 Å². The van der Waals surface area contributed by atoms with E-state index in [4.69, 9.17) is 25.8 Å². The van der Waals surface area contributed by atoms with E-state index < -0.39 is 5.97 Å². The summed E-state index contributed by atoms with van der Waals surface area (Å²) < 4.78 is 15.2. The highest BCUT2D eigenvalue weighted by molar-refractivity contribution is 6.32. The Morgan fingerprint density at radius 1 is 1.17 bits per heavy atom. The molecule has 0 bridgehead atoms. The minimum Gasteiger partial charge on any atom is -0.493 e. The predicted octanol–water partition coefficient (Wildman–Crippen LogP) is 2.67. The fraction of sp³-hybridized carbons (Fsp3) is 0.500. The van der Waals surface area contributed by atoms with Gasteiger partial charge in [-0.1, -0.05) is 25.4 Å². The molecule has 0 radical (unpaired) electrons. The Bertz CT molecular complexity index is 574. The highest BCUT2D eigenvalue weighted by Gasteiger charge is 2.18. The Hall–Kier alpha value is -1.95. The standard InChI is InChI=1S/C16H22ClNO5/c1-9(2)10(3)18-14(19)8-23-16(20)11-6-12(17)15(22-5)13(7-11)21-4/h6-7,9-10H,8H2,1-5H3,(H,18,19)/t10-/m0/s1. The second-order valence-electron chi connectivity index (χ2n) is 5.37. The van der Waals surface area contributed by atoms with Crippen LogP contribution in [0.1, 0.15) is 31.1 Å². The van der Waals surface area contributed by atoms with Crippen LogP contribution >= 0.6 is 11.6 Å². The molecule has 0 saturated carbocycles. The maximum atomic E-state index is 12.0. The van der Waals surface area contributed by atoms with Crippen LogP contribution in [0.5, 0.6) is 11.5 Å². The van der Waals surface area contributed by atoms with E-state index in [9.17, 15) is 9.59 Å². The van der Waals surface area contributed by atoms with Gasteiger partial charge in [-0.15, -0.1) is 0 Å². The van der Waals surface area contributed by atoms with Crippen molar-refractivity contribution in [1.29, 1.82) is 0 Å². The third kappa shape index (κ3) is 5.32. The summed E-state index contributed by atoms with van der Waals surface area (Å²) in [6, 6.07) is 2.85. The van der Waals surface area contributed by atoms with Crippen molar-refractivity contribution in [2.75, 3.05) is 20.8 Å². The lowest BCUT2D eigenvalue weighted by atomic mass is 10.1. The quantitative estimate of drug-likeness (QED) is 0.770. The maximum Gasteiger partial charge on any atom is 0.338 e. The summed E-state index contributed by atoms with van der Waals surface area (Å²) in [5, 5.41) is 2.97. The predicted molar refractivity (Wildman–Crippen MR) is 87.3 cm³/mol. The molecule has 7 heteroatoms. The Labute approximate surface area is 141 Å². The summed E-state index contributed by atoms with van der Waals surface area (Å²) in [6.07, 6.45) is 0. The molecule has 0 aromatic heterocycles. The van der Waals surface area contributed by atoms with Gasteiger partial charge in [0.15, 0.2) is 18.1 Å². The molecule has 0 unspecified atom stereocenters. The van der Waals surface area contributed by atoms with Gasteiger partial charge >= 0.3 is 5.97 Å². The molecule has 0 saturated heterocycles. The van der Waals surface area contributed by atoms with Crippen LogP contribution in [0.3, 0.4) is 0 Å². The Balaban J connectivity index is 2.72. The molecule has 0 aliphatic heterocycles. The van der Waals surface area contributed by atoms with E-state index in [1.54, 1.807) is 0 Å². The number of benzene rings is 1. The van der Waals surface area contributed by atoms with Crippen LogP contribution < -0.4 is 14.8 Å². The summed E-state index contributed by atoms with van der Waals surface area (Å²) in [5.74, 6) is -0.0929. The molecule has 0 aliphatic carbocycles. The van der Waals surface area contributed by atoms with Crippen LogP contribution in [0.15, 0.2) is 12.1 Å². The van der Waals surface area contributed by atoms with Crippen molar-refractivity contribution in [2.24, 2.45) is 5.92 Å². The number of nitrogens with one attached hydrogen (secondary N) is 1. The van der Waals surface area contributed by atoms with Gasteiger partial charge in [-0.25, -0.2) is 4.79 Å². The lowest BCUT2D eigenvalue weighted by Crippen LogP contribution is -2.38. The summed E-state index contributed by atoms with van der Waals surface area (Å²) in [7, 11) is 2.88. The lowest BCUT2D eigenvalue weighted by Gasteiger charge is -2.17. The monoisotopic (exact) mass is 343 g/mol. The number of hydrogen-bond acceptors (Lipinski definition) is 5. The molecule has 1 amide bonds. The average Bonchev–Trinajstić information content (AvgIpc) is 2.51. The van der Waals surface area contributed by atoms with Crippen LogP contribution in [0.4, 0.5) is 0 Å². The number of halogens is 1. The maximum absolute atomic E-state index is 12.0. The van der Waals surface area contributed by atoms with E-state index in [1.165, 1.54) is 26.4 Å². The van der Waals surface area contributed by atoms with Gasteiger partial charge in [0.05, 0.1) is 24.8 Å². The third-order valence-electron chi connectivity index (χ3n) is 3.39. The zero-order chi connectivity index (χ0) is 17.6. The summed E-state index contributed by atoms with van der Waals surface area (Å²) in [4.78, 5) is 23.8. The number of methoxy groups -OCH3 is 2. The molecule has 1 rings (SSSR count). The molecule has 1 N–H and O–H groups in total. The molecule has 0 spiro atoms. The molecule has 1 aromatic carbocycles. The van der Waals surface area contributed by atoms with Crippen molar-refractivity contribution in [2.45, 2.75) is 26.8 Å². The molecule has 23 heavy (non-hydrogen) atoms. The first-order valence-electron chi connectivity index (χ1n) is 7.18. The van der Waals surface area contributed by atoms with Crippen molar-refractivity contribution >= 4 is 23.5 Å². The minimum absolute atomic E-state index is 0.00303. The highest BCUT2D eigenvalue weighted by atomic mass is 35.5. The number of esters is 1. The number of amides is 1. The van der Waals surface area contributed by atoms with Gasteiger partial charge in [0.1, 0.15) is 0 Å². The molecule has 1 atom stereocenters. The van der Waals surface area contributed by atoms with E-state index in [2.05, 4.69) is 5.32 Å². The van der Waals surface area contributed by atoms with Crippen molar-refractivity contribution in [3.63, 3.8) is 0 Å². The van der Waals surface area contributed by atoms with Gasteiger partial charge in [0, 0.05) is 6.04 Å². The van der Waals surface area contributed by atoms with Gasteiger partial charge in [0.25, 0.3) is 5.91 Å². The largest absolute Gasteiger partial charge is 0.493 e. The number of rotatable bonds is 7. The zero-order valence-corrected chi connectivity index (χ0v) is 14.7. The van der Waals surface area contributed by atoms with Crippen molar-refractivity contribution in [3.8, 4) is 11.5 Å². The van der Waals surface area contributed by atoms with Crippen LogP contribution in [-0.2, 0) is 9.53 Å². The van der Waals surface area contributed by atoms with Gasteiger partial charge < -0.3 is 19.5 Å². The van der Waals surface area contributed by atoms with Crippen LogP contribution in [0, 0.1) is 5.92 Å². The SMILES string of the molecule is COc1cc(C(=O)OCC(=O)N[C@@H](C)C(C)C)cc(Cl)c1OC. The van der Waals surface area contributed by atoms with Gasteiger partial charge in [-0.05, 0) is 25.0 Å². The zero-order valence-electron chi connectivity index (χ0n) is 13.9. The Morgan fingerprint density at radius 2 is 1.83 bits per heavy atom. The molecule has 1 aromatic rings. The second kappa shape index (κ2) is 8.62. The average molecular weight is 344 g/mol. The van der Waals surface area contributed by atoms with E-state index in [1.807, 2.05) is 20.8 Å². The molecular weight excluding hydrogens is 322 g/mol. The van der Waals surface area contributed by atoms with E-state index in [-0.39, 0.29) is 29.1 Å². The molecule has 0 heterocycles. The van der Waals surface area contributed by atoms with Gasteiger partial charge in [-0.2, -0.15) is 0 Å². The summed E-state index contributed by atoms with van der Waals surface area (Å²) in [6.45, 7) is 5.51. The number of carbonyl (C=O) groups is 2. The van der Waals surface area contributed by atoms with Crippen molar-refractivity contribution < 1.29 is 23.8 Å².